The summed E-state index contributed by atoms with van der Waals surface area (Å²) < 4.78 is 0. The van der Waals surface area contributed by atoms with Crippen LogP contribution in [0.2, 0.25) is 0 Å². The van der Waals surface area contributed by atoms with Crippen molar-refractivity contribution in [3.8, 4) is 34.2 Å². The SMILES string of the molecule is C1=CCCC(c2nc(C3=CC(c4ccc5c(c4)Sc4ccccc4S5)CC(c4nc(-c5ccccc5)nc(-c5ccccc5)n4)=C3)nc(-c3ccccc3)n2)=C1. The van der Waals surface area contributed by atoms with Crippen LogP contribution in [0.25, 0.3) is 50.9 Å². The summed E-state index contributed by atoms with van der Waals surface area (Å²) in [6, 6.07) is 46.0. The molecule has 0 amide bonds. The van der Waals surface area contributed by atoms with Gasteiger partial charge in [0.2, 0.25) is 0 Å². The van der Waals surface area contributed by atoms with E-state index in [9.17, 15) is 0 Å². The normalized spacial score (nSPS) is 15.9. The molecule has 3 aliphatic rings. The molecule has 6 nitrogen and oxygen atoms in total. The molecule has 8 heteroatoms. The number of rotatable bonds is 7. The number of aromatic nitrogens is 6. The Balaban J connectivity index is 1.14. The molecule has 1 atom stereocenters. The summed E-state index contributed by atoms with van der Waals surface area (Å²) in [7, 11) is 0. The van der Waals surface area contributed by atoms with Crippen molar-refractivity contribution in [2.45, 2.75) is 44.8 Å². The van der Waals surface area contributed by atoms with Gasteiger partial charge in [0.15, 0.2) is 34.9 Å². The molecule has 0 radical (unpaired) electrons. The van der Waals surface area contributed by atoms with E-state index in [-0.39, 0.29) is 5.92 Å². The predicted octanol–water partition coefficient (Wildman–Crippen LogP) is 12.1. The second-order valence-corrected chi connectivity index (χ2v) is 16.0. The zero-order chi connectivity index (χ0) is 37.3. The molecule has 3 heterocycles. The third-order valence-corrected chi connectivity index (χ3v) is 12.6. The molecule has 268 valence electrons. The number of nitrogens with zero attached hydrogens (tertiary/aromatic N) is 6. The van der Waals surface area contributed by atoms with E-state index < -0.39 is 0 Å². The minimum atomic E-state index is 0.00686. The van der Waals surface area contributed by atoms with E-state index in [4.69, 9.17) is 29.9 Å². The molecule has 2 aliphatic carbocycles. The first-order valence-electron chi connectivity index (χ1n) is 18.8. The van der Waals surface area contributed by atoms with Crippen molar-refractivity contribution in [2.24, 2.45) is 0 Å². The van der Waals surface area contributed by atoms with Gasteiger partial charge >= 0.3 is 0 Å². The van der Waals surface area contributed by atoms with E-state index in [1.807, 2.05) is 102 Å². The van der Waals surface area contributed by atoms with Crippen molar-refractivity contribution in [3.05, 3.63) is 187 Å². The van der Waals surface area contributed by atoms with Crippen LogP contribution in [0, 0.1) is 0 Å². The maximum absolute atomic E-state index is 5.19. The second-order valence-electron chi connectivity index (χ2n) is 13.8. The molecule has 0 N–H and O–H groups in total. The fraction of sp³-hybridized carbons (Fsp3) is 0.0833. The van der Waals surface area contributed by atoms with Crippen LogP contribution in [-0.2, 0) is 0 Å². The third-order valence-electron chi connectivity index (χ3n) is 10.0. The fourth-order valence-corrected chi connectivity index (χ4v) is 9.46. The molecule has 1 aliphatic heterocycles. The van der Waals surface area contributed by atoms with E-state index in [1.54, 1.807) is 0 Å². The predicted molar refractivity (Wildman–Crippen MR) is 227 cm³/mol. The van der Waals surface area contributed by atoms with E-state index in [2.05, 4.69) is 85.0 Å². The van der Waals surface area contributed by atoms with Crippen molar-refractivity contribution < 1.29 is 0 Å². The van der Waals surface area contributed by atoms with E-state index in [0.29, 0.717) is 41.4 Å². The summed E-state index contributed by atoms with van der Waals surface area (Å²) in [6.45, 7) is 0. The number of hydrogen-bond donors (Lipinski definition) is 0. The Morgan fingerprint density at radius 1 is 0.464 bits per heavy atom. The molecule has 5 aromatic carbocycles. The lowest BCUT2D eigenvalue weighted by Crippen LogP contribution is -2.11. The summed E-state index contributed by atoms with van der Waals surface area (Å²) in [5.74, 6) is 3.90. The molecule has 0 fully saturated rings. The number of fused-ring (bicyclic) bond motifs is 2. The van der Waals surface area contributed by atoms with Crippen LogP contribution >= 0.6 is 23.5 Å². The molecular formula is C48H34N6S2. The lowest BCUT2D eigenvalue weighted by Gasteiger charge is -2.24. The molecule has 0 bridgehead atoms. The van der Waals surface area contributed by atoms with E-state index >= 15 is 0 Å². The quantitative estimate of drug-likeness (QED) is 0.159. The van der Waals surface area contributed by atoms with Gasteiger partial charge in [-0.25, -0.2) is 29.9 Å². The van der Waals surface area contributed by atoms with Gasteiger partial charge in [0.25, 0.3) is 0 Å². The summed E-state index contributed by atoms with van der Waals surface area (Å²) in [4.78, 5) is 35.8. The van der Waals surface area contributed by atoms with Crippen LogP contribution in [0.5, 0.6) is 0 Å². The molecule has 2 aromatic heterocycles. The number of allylic oxidation sites excluding steroid dienone is 8. The molecule has 10 rings (SSSR count). The van der Waals surface area contributed by atoms with Crippen molar-refractivity contribution in [2.75, 3.05) is 0 Å². The molecule has 56 heavy (non-hydrogen) atoms. The van der Waals surface area contributed by atoms with Gasteiger partial charge in [-0.1, -0.05) is 157 Å². The van der Waals surface area contributed by atoms with Gasteiger partial charge in [0.1, 0.15) is 0 Å². The van der Waals surface area contributed by atoms with Crippen LogP contribution in [0.15, 0.2) is 183 Å². The monoisotopic (exact) mass is 758 g/mol. The van der Waals surface area contributed by atoms with E-state index in [1.165, 1.54) is 25.1 Å². The van der Waals surface area contributed by atoms with Crippen LogP contribution < -0.4 is 0 Å². The highest BCUT2D eigenvalue weighted by Gasteiger charge is 2.26. The Labute approximate surface area is 334 Å². The van der Waals surface area contributed by atoms with Crippen LogP contribution in [0.4, 0.5) is 0 Å². The summed E-state index contributed by atoms with van der Waals surface area (Å²) in [5.41, 5.74) is 7.06. The first-order valence-corrected chi connectivity index (χ1v) is 20.4. The molecule has 1 unspecified atom stereocenters. The Hall–Kier alpha value is -6.22. The topological polar surface area (TPSA) is 77.3 Å². The third kappa shape index (κ3) is 7.05. The average Bonchev–Trinajstić information content (AvgIpc) is 3.29. The zero-order valence-corrected chi connectivity index (χ0v) is 31.9. The van der Waals surface area contributed by atoms with Gasteiger partial charge in [-0.05, 0) is 66.3 Å². The largest absolute Gasteiger partial charge is 0.209 e. The van der Waals surface area contributed by atoms with Gasteiger partial charge in [-0.15, -0.1) is 0 Å². The Morgan fingerprint density at radius 3 is 1.55 bits per heavy atom. The summed E-state index contributed by atoms with van der Waals surface area (Å²) in [6.07, 6.45) is 13.4. The minimum absolute atomic E-state index is 0.00686. The van der Waals surface area contributed by atoms with Gasteiger partial charge in [0, 0.05) is 47.8 Å². The molecular weight excluding hydrogens is 725 g/mol. The second kappa shape index (κ2) is 15.1. The van der Waals surface area contributed by atoms with Gasteiger partial charge in [-0.2, -0.15) is 0 Å². The maximum atomic E-state index is 5.19. The first-order chi connectivity index (χ1) is 27.7. The summed E-state index contributed by atoms with van der Waals surface area (Å²) >= 11 is 3.67. The van der Waals surface area contributed by atoms with Crippen LogP contribution in [0.1, 0.15) is 48.2 Å². The fourth-order valence-electron chi connectivity index (χ4n) is 7.20. The van der Waals surface area contributed by atoms with Crippen LogP contribution in [0.3, 0.4) is 0 Å². The van der Waals surface area contributed by atoms with Gasteiger partial charge in [-0.3, -0.25) is 0 Å². The summed E-state index contributed by atoms with van der Waals surface area (Å²) in [5, 5.41) is 0. The minimum Gasteiger partial charge on any atom is -0.209 e. The lowest BCUT2D eigenvalue weighted by molar-refractivity contribution is 0.845. The standard InChI is InChI=1S/C48H34N6S2/c1-5-15-31(16-6-1)43-49-44(32-17-7-2-8-18-32)52-47(51-43)37-27-36(35-25-26-41-42(30-35)56-40-24-14-13-23-39(40)55-41)28-38(29-37)48-53-45(33-19-9-3-10-20-33)50-46(54-48)34-21-11-4-12-22-34/h1-11,13-21,23-26,28-30,36H,12,22,27H2. The molecule has 0 saturated carbocycles. The van der Waals surface area contributed by atoms with Gasteiger partial charge in [0.05, 0.1) is 0 Å². The molecule has 0 spiro atoms. The highest BCUT2D eigenvalue weighted by Crippen LogP contribution is 2.50. The highest BCUT2D eigenvalue weighted by molar-refractivity contribution is 8.05. The number of benzene rings is 5. The van der Waals surface area contributed by atoms with Crippen molar-refractivity contribution in [1.82, 2.24) is 29.9 Å². The number of hydrogen-bond acceptors (Lipinski definition) is 8. The Bertz CT molecular complexity index is 2670. The molecule has 7 aromatic rings. The maximum Gasteiger partial charge on any atom is 0.164 e. The van der Waals surface area contributed by atoms with Crippen LogP contribution in [-0.4, -0.2) is 29.9 Å². The first kappa shape index (κ1) is 34.3. The van der Waals surface area contributed by atoms with Crippen molar-refractivity contribution in [1.29, 1.82) is 0 Å². The Kier molecular flexibility index (Phi) is 9.27. The van der Waals surface area contributed by atoms with Crippen molar-refractivity contribution in [3.63, 3.8) is 0 Å². The highest BCUT2D eigenvalue weighted by atomic mass is 32.2. The Morgan fingerprint density at radius 2 is 0.964 bits per heavy atom. The zero-order valence-electron chi connectivity index (χ0n) is 30.3. The van der Waals surface area contributed by atoms with Gasteiger partial charge < -0.3 is 0 Å². The van der Waals surface area contributed by atoms with Crippen molar-refractivity contribution >= 4 is 40.2 Å². The lowest BCUT2D eigenvalue weighted by atomic mass is 9.84. The smallest absolute Gasteiger partial charge is 0.164 e. The molecule has 0 saturated heterocycles. The average molecular weight is 759 g/mol. The van der Waals surface area contributed by atoms with E-state index in [0.717, 1.165) is 46.3 Å².